The Morgan fingerprint density at radius 3 is 2.53 bits per heavy atom. The zero-order chi connectivity index (χ0) is 10.8. The first-order valence-corrected chi connectivity index (χ1v) is 5.23. The zero-order valence-electron chi connectivity index (χ0n) is 7.65. The molecule has 1 nitrogen and oxygen atoms in total. The van der Waals surface area contributed by atoms with Gasteiger partial charge in [-0.15, -0.1) is 11.3 Å². The molecule has 1 aromatic carbocycles. The SMILES string of the molecule is O[C@H](c1ccc(F)c(F)c1)c1cccs1. The second-order valence-corrected chi connectivity index (χ2v) is 4.07. The summed E-state index contributed by atoms with van der Waals surface area (Å²) in [6.45, 7) is 0. The molecule has 0 aliphatic carbocycles. The highest BCUT2D eigenvalue weighted by atomic mass is 32.1. The maximum absolute atomic E-state index is 12.9. The fraction of sp³-hybridized carbons (Fsp3) is 0.0909. The molecule has 15 heavy (non-hydrogen) atoms. The summed E-state index contributed by atoms with van der Waals surface area (Å²) in [4.78, 5) is 0.709. The van der Waals surface area contributed by atoms with Gasteiger partial charge >= 0.3 is 0 Å². The Hall–Kier alpha value is -1.26. The number of benzene rings is 1. The van der Waals surface area contributed by atoms with Gasteiger partial charge in [0.15, 0.2) is 11.6 Å². The highest BCUT2D eigenvalue weighted by Gasteiger charge is 2.13. The van der Waals surface area contributed by atoms with E-state index in [1.807, 2.05) is 5.38 Å². The lowest BCUT2D eigenvalue weighted by molar-refractivity contribution is 0.223. The first-order chi connectivity index (χ1) is 7.18. The Morgan fingerprint density at radius 1 is 1.13 bits per heavy atom. The summed E-state index contributed by atoms with van der Waals surface area (Å²) in [7, 11) is 0. The minimum atomic E-state index is -0.942. The van der Waals surface area contributed by atoms with Crippen molar-refractivity contribution in [3.05, 3.63) is 57.8 Å². The Kier molecular flexibility index (Phi) is 2.79. The predicted octanol–water partition coefficient (Wildman–Crippen LogP) is 3.11. The third-order valence-corrected chi connectivity index (χ3v) is 3.00. The molecule has 0 bridgehead atoms. The van der Waals surface area contributed by atoms with Crippen molar-refractivity contribution in [1.82, 2.24) is 0 Å². The molecule has 0 fully saturated rings. The molecule has 0 aliphatic rings. The summed E-state index contributed by atoms with van der Waals surface area (Å²) < 4.78 is 25.5. The van der Waals surface area contributed by atoms with E-state index >= 15 is 0 Å². The van der Waals surface area contributed by atoms with Gasteiger partial charge in [-0.2, -0.15) is 0 Å². The topological polar surface area (TPSA) is 20.2 Å². The quantitative estimate of drug-likeness (QED) is 0.834. The van der Waals surface area contributed by atoms with E-state index in [0.717, 1.165) is 12.1 Å². The van der Waals surface area contributed by atoms with Crippen LogP contribution in [0.5, 0.6) is 0 Å². The van der Waals surface area contributed by atoms with Crippen LogP contribution in [-0.2, 0) is 0 Å². The Labute approximate surface area is 89.6 Å². The number of hydrogen-bond donors (Lipinski definition) is 1. The maximum Gasteiger partial charge on any atom is 0.159 e. The van der Waals surface area contributed by atoms with E-state index < -0.39 is 17.7 Å². The number of rotatable bonds is 2. The van der Waals surface area contributed by atoms with Gasteiger partial charge in [0, 0.05) is 4.88 Å². The van der Waals surface area contributed by atoms with Crippen molar-refractivity contribution in [2.24, 2.45) is 0 Å². The first-order valence-electron chi connectivity index (χ1n) is 4.35. The molecule has 0 radical (unpaired) electrons. The van der Waals surface area contributed by atoms with Gasteiger partial charge < -0.3 is 5.11 Å². The highest BCUT2D eigenvalue weighted by Crippen LogP contribution is 2.26. The van der Waals surface area contributed by atoms with E-state index in [1.165, 1.54) is 17.4 Å². The summed E-state index contributed by atoms with van der Waals surface area (Å²) in [5.74, 6) is -1.85. The lowest BCUT2D eigenvalue weighted by atomic mass is 10.1. The number of thiophene rings is 1. The standard InChI is InChI=1S/C11H8F2OS/c12-8-4-3-7(6-9(8)13)11(14)10-2-1-5-15-10/h1-6,11,14H/t11-/m1/s1. The van der Waals surface area contributed by atoms with Crippen LogP contribution < -0.4 is 0 Å². The lowest BCUT2D eigenvalue weighted by Gasteiger charge is -2.08. The van der Waals surface area contributed by atoms with Crippen LogP contribution in [0.25, 0.3) is 0 Å². The van der Waals surface area contributed by atoms with Crippen molar-refractivity contribution in [1.29, 1.82) is 0 Å². The van der Waals surface area contributed by atoms with Gasteiger partial charge in [-0.25, -0.2) is 8.78 Å². The fourth-order valence-electron chi connectivity index (χ4n) is 1.29. The molecule has 1 heterocycles. The molecular weight excluding hydrogens is 218 g/mol. The van der Waals surface area contributed by atoms with Gasteiger partial charge in [-0.1, -0.05) is 12.1 Å². The molecule has 78 valence electrons. The third-order valence-electron chi connectivity index (χ3n) is 2.07. The van der Waals surface area contributed by atoms with Crippen molar-refractivity contribution >= 4 is 11.3 Å². The third kappa shape index (κ3) is 2.06. The van der Waals surface area contributed by atoms with Gasteiger partial charge in [0.1, 0.15) is 6.10 Å². The smallest absolute Gasteiger partial charge is 0.159 e. The van der Waals surface area contributed by atoms with Crippen LogP contribution in [0.3, 0.4) is 0 Å². The van der Waals surface area contributed by atoms with E-state index in [-0.39, 0.29) is 0 Å². The molecule has 1 N–H and O–H groups in total. The monoisotopic (exact) mass is 226 g/mol. The normalized spacial score (nSPS) is 12.7. The fourth-order valence-corrected chi connectivity index (χ4v) is 2.03. The summed E-state index contributed by atoms with van der Waals surface area (Å²) in [5.41, 5.74) is 0.358. The van der Waals surface area contributed by atoms with Crippen LogP contribution in [0.4, 0.5) is 8.78 Å². The van der Waals surface area contributed by atoms with Crippen molar-refractivity contribution in [2.45, 2.75) is 6.10 Å². The van der Waals surface area contributed by atoms with Crippen LogP contribution in [0.1, 0.15) is 16.5 Å². The van der Waals surface area contributed by atoms with E-state index in [0.29, 0.717) is 10.4 Å². The van der Waals surface area contributed by atoms with Gasteiger partial charge in [0.05, 0.1) is 0 Å². The molecule has 1 aromatic heterocycles. The summed E-state index contributed by atoms with van der Waals surface area (Å²) in [6.07, 6.45) is -0.889. The number of aliphatic hydroxyl groups is 1. The largest absolute Gasteiger partial charge is 0.383 e. The average molecular weight is 226 g/mol. The number of halogens is 2. The van der Waals surface area contributed by atoms with E-state index in [9.17, 15) is 13.9 Å². The number of aliphatic hydroxyl groups excluding tert-OH is 1. The van der Waals surface area contributed by atoms with Crippen LogP contribution in [0, 0.1) is 11.6 Å². The van der Waals surface area contributed by atoms with E-state index in [2.05, 4.69) is 0 Å². The Balaban J connectivity index is 2.34. The van der Waals surface area contributed by atoms with Crippen molar-refractivity contribution in [3.8, 4) is 0 Å². The van der Waals surface area contributed by atoms with Crippen LogP contribution in [0.2, 0.25) is 0 Å². The van der Waals surface area contributed by atoms with Crippen LogP contribution in [-0.4, -0.2) is 5.11 Å². The van der Waals surface area contributed by atoms with Crippen LogP contribution in [0.15, 0.2) is 35.7 Å². The minimum Gasteiger partial charge on any atom is -0.383 e. The van der Waals surface area contributed by atoms with Gasteiger partial charge in [0.25, 0.3) is 0 Å². The highest BCUT2D eigenvalue weighted by molar-refractivity contribution is 7.10. The molecule has 2 rings (SSSR count). The average Bonchev–Trinajstić information content (AvgIpc) is 2.74. The molecule has 0 amide bonds. The molecule has 1 atom stereocenters. The van der Waals surface area contributed by atoms with Gasteiger partial charge in [0.2, 0.25) is 0 Å². The summed E-state index contributed by atoms with van der Waals surface area (Å²) in [6, 6.07) is 6.95. The van der Waals surface area contributed by atoms with Crippen molar-refractivity contribution < 1.29 is 13.9 Å². The molecular formula is C11H8F2OS. The maximum atomic E-state index is 12.9. The van der Waals surface area contributed by atoms with E-state index in [4.69, 9.17) is 0 Å². The molecule has 0 saturated heterocycles. The van der Waals surface area contributed by atoms with Crippen molar-refractivity contribution in [3.63, 3.8) is 0 Å². The second kappa shape index (κ2) is 4.08. The second-order valence-electron chi connectivity index (χ2n) is 3.09. The van der Waals surface area contributed by atoms with E-state index in [1.54, 1.807) is 12.1 Å². The minimum absolute atomic E-state index is 0.358. The molecule has 0 aliphatic heterocycles. The lowest BCUT2D eigenvalue weighted by Crippen LogP contribution is -1.98. The summed E-state index contributed by atoms with van der Waals surface area (Å²) >= 11 is 1.37. The Morgan fingerprint density at radius 2 is 1.93 bits per heavy atom. The number of hydrogen-bond acceptors (Lipinski definition) is 2. The predicted molar refractivity (Wildman–Crippen MR) is 54.7 cm³/mol. The molecule has 0 saturated carbocycles. The molecule has 0 unspecified atom stereocenters. The van der Waals surface area contributed by atoms with Crippen LogP contribution >= 0.6 is 11.3 Å². The molecule has 2 aromatic rings. The Bertz CT molecular complexity index is 454. The van der Waals surface area contributed by atoms with Gasteiger partial charge in [-0.3, -0.25) is 0 Å². The molecule has 4 heteroatoms. The van der Waals surface area contributed by atoms with Crippen molar-refractivity contribution in [2.75, 3.05) is 0 Å². The summed E-state index contributed by atoms with van der Waals surface area (Å²) in [5, 5.41) is 11.6. The molecule has 0 spiro atoms. The van der Waals surface area contributed by atoms with Gasteiger partial charge in [-0.05, 0) is 29.1 Å². The first kappa shape index (κ1) is 10.3. The zero-order valence-corrected chi connectivity index (χ0v) is 8.47.